The normalized spacial score (nSPS) is 15.5. The summed E-state index contributed by atoms with van der Waals surface area (Å²) < 4.78 is 1.75. The van der Waals surface area contributed by atoms with Crippen LogP contribution in [0, 0.1) is 0 Å². The molecule has 1 saturated heterocycles. The zero-order valence-corrected chi connectivity index (χ0v) is 16.3. The number of aromatic hydroxyl groups is 1. The summed E-state index contributed by atoms with van der Waals surface area (Å²) in [6.45, 7) is 2.31. The van der Waals surface area contributed by atoms with Crippen LogP contribution in [0.1, 0.15) is 18.4 Å². The summed E-state index contributed by atoms with van der Waals surface area (Å²) in [5, 5.41) is 29.0. The minimum Gasteiger partial charge on any atom is -0.506 e. The van der Waals surface area contributed by atoms with Crippen molar-refractivity contribution < 1.29 is 15.0 Å². The van der Waals surface area contributed by atoms with E-state index in [1.807, 2.05) is 12.3 Å². The SMILES string of the molecule is O=C(O)NC1CCN(Cc2ccn3ncnc(Nc4cccc(O)c4Cl)c23)CC1. The predicted molar refractivity (Wildman–Crippen MR) is 109 cm³/mol. The number of phenols is 1. The van der Waals surface area contributed by atoms with Gasteiger partial charge in [0, 0.05) is 31.9 Å². The van der Waals surface area contributed by atoms with Gasteiger partial charge in [-0.25, -0.2) is 14.3 Å². The first-order chi connectivity index (χ1) is 14.0. The number of amides is 1. The summed E-state index contributed by atoms with van der Waals surface area (Å²) in [4.78, 5) is 17.5. The molecule has 0 aliphatic carbocycles. The second kappa shape index (κ2) is 8.14. The third-order valence-electron chi connectivity index (χ3n) is 5.08. The quantitative estimate of drug-likeness (QED) is 0.505. The molecule has 1 fully saturated rings. The number of fused-ring (bicyclic) bond motifs is 1. The molecule has 1 amide bonds. The first-order valence-electron chi connectivity index (χ1n) is 9.29. The third kappa shape index (κ3) is 4.20. The van der Waals surface area contributed by atoms with Gasteiger partial charge in [0.2, 0.25) is 0 Å². The van der Waals surface area contributed by atoms with Gasteiger partial charge >= 0.3 is 6.09 Å². The van der Waals surface area contributed by atoms with Crippen molar-refractivity contribution in [3.05, 3.63) is 47.4 Å². The van der Waals surface area contributed by atoms with Crippen LogP contribution in [-0.2, 0) is 6.54 Å². The van der Waals surface area contributed by atoms with Crippen LogP contribution in [0.2, 0.25) is 5.02 Å². The number of nitrogens with one attached hydrogen (secondary N) is 2. The Balaban J connectivity index is 1.54. The summed E-state index contributed by atoms with van der Waals surface area (Å²) in [6, 6.07) is 7.00. The molecule has 29 heavy (non-hydrogen) atoms. The number of hydrogen-bond donors (Lipinski definition) is 4. The zero-order chi connectivity index (χ0) is 20.4. The van der Waals surface area contributed by atoms with Gasteiger partial charge in [0.05, 0.1) is 5.69 Å². The fourth-order valence-electron chi connectivity index (χ4n) is 3.63. The first-order valence-corrected chi connectivity index (χ1v) is 9.66. The minimum atomic E-state index is -0.972. The lowest BCUT2D eigenvalue weighted by molar-refractivity contribution is 0.165. The molecule has 4 N–H and O–H groups in total. The number of halogens is 1. The van der Waals surface area contributed by atoms with E-state index in [1.54, 1.807) is 16.6 Å². The molecule has 0 bridgehead atoms. The number of piperidine rings is 1. The van der Waals surface area contributed by atoms with Crippen LogP contribution in [0.25, 0.3) is 5.52 Å². The molecule has 3 heterocycles. The summed E-state index contributed by atoms with van der Waals surface area (Å²) >= 11 is 6.19. The Hall–Kier alpha value is -3.04. The maximum atomic E-state index is 10.8. The summed E-state index contributed by atoms with van der Waals surface area (Å²) in [5.41, 5.74) is 2.44. The van der Waals surface area contributed by atoms with E-state index < -0.39 is 6.09 Å². The van der Waals surface area contributed by atoms with E-state index in [2.05, 4.69) is 25.6 Å². The summed E-state index contributed by atoms with van der Waals surface area (Å²) in [5.74, 6) is 0.588. The topological polar surface area (TPSA) is 115 Å². The van der Waals surface area contributed by atoms with E-state index >= 15 is 0 Å². The molecule has 1 aliphatic heterocycles. The average molecular weight is 417 g/mol. The molecule has 3 aromatic rings. The van der Waals surface area contributed by atoms with E-state index in [1.165, 1.54) is 12.4 Å². The Morgan fingerprint density at radius 2 is 2.07 bits per heavy atom. The Morgan fingerprint density at radius 1 is 1.28 bits per heavy atom. The zero-order valence-electron chi connectivity index (χ0n) is 15.5. The summed E-state index contributed by atoms with van der Waals surface area (Å²) in [6.07, 6.45) is 3.91. The van der Waals surface area contributed by atoms with Gasteiger partial charge in [-0.15, -0.1) is 0 Å². The van der Waals surface area contributed by atoms with Crippen LogP contribution in [0.3, 0.4) is 0 Å². The predicted octanol–water partition coefficient (Wildman–Crippen LogP) is 3.06. The number of carboxylic acid groups (broad SMARTS) is 1. The van der Waals surface area contributed by atoms with Crippen molar-refractivity contribution in [1.82, 2.24) is 24.8 Å². The molecule has 4 rings (SSSR count). The van der Waals surface area contributed by atoms with Gasteiger partial charge in [-0.1, -0.05) is 17.7 Å². The number of rotatable bonds is 5. The molecule has 2 aromatic heterocycles. The number of carbonyl (C=O) groups is 1. The third-order valence-corrected chi connectivity index (χ3v) is 5.48. The number of hydrogen-bond acceptors (Lipinski definition) is 6. The smallest absolute Gasteiger partial charge is 0.404 e. The molecule has 0 unspecified atom stereocenters. The maximum Gasteiger partial charge on any atom is 0.404 e. The van der Waals surface area contributed by atoms with Crippen molar-refractivity contribution in [2.75, 3.05) is 18.4 Å². The van der Waals surface area contributed by atoms with Gasteiger partial charge in [-0.05, 0) is 36.6 Å². The van der Waals surface area contributed by atoms with Gasteiger partial charge in [0.15, 0.2) is 5.82 Å². The van der Waals surface area contributed by atoms with Crippen molar-refractivity contribution in [3.63, 3.8) is 0 Å². The Labute approximate surface area is 171 Å². The second-order valence-corrected chi connectivity index (χ2v) is 7.38. The van der Waals surface area contributed by atoms with Crippen LogP contribution >= 0.6 is 11.6 Å². The molecule has 0 atom stereocenters. The monoisotopic (exact) mass is 416 g/mol. The van der Waals surface area contributed by atoms with Crippen LogP contribution < -0.4 is 10.6 Å². The molecule has 10 heteroatoms. The molecule has 0 saturated carbocycles. The van der Waals surface area contributed by atoms with Crippen molar-refractivity contribution in [2.24, 2.45) is 0 Å². The molecule has 152 valence electrons. The Morgan fingerprint density at radius 3 is 2.83 bits per heavy atom. The molecular formula is C19H21ClN6O3. The molecule has 0 radical (unpaired) electrons. The summed E-state index contributed by atoms with van der Waals surface area (Å²) in [7, 11) is 0. The first kappa shape index (κ1) is 19.3. The van der Waals surface area contributed by atoms with E-state index in [-0.39, 0.29) is 16.8 Å². The fourth-order valence-corrected chi connectivity index (χ4v) is 3.81. The number of likely N-dealkylation sites (tertiary alicyclic amines) is 1. The minimum absolute atomic E-state index is 0.00277. The number of nitrogens with zero attached hydrogens (tertiary/aromatic N) is 4. The lowest BCUT2D eigenvalue weighted by Gasteiger charge is -2.31. The van der Waals surface area contributed by atoms with Crippen molar-refractivity contribution in [1.29, 1.82) is 0 Å². The Bertz CT molecular complexity index is 1030. The van der Waals surface area contributed by atoms with Gasteiger partial charge in [0.25, 0.3) is 0 Å². The van der Waals surface area contributed by atoms with Crippen LogP contribution in [-0.4, -0.2) is 54.9 Å². The van der Waals surface area contributed by atoms with Gasteiger partial charge in [-0.2, -0.15) is 5.10 Å². The van der Waals surface area contributed by atoms with Crippen LogP contribution in [0.15, 0.2) is 36.8 Å². The molecule has 9 nitrogen and oxygen atoms in total. The van der Waals surface area contributed by atoms with Crippen molar-refractivity contribution in [2.45, 2.75) is 25.4 Å². The number of phenolic OH excluding ortho intramolecular Hbond substituents is 1. The van der Waals surface area contributed by atoms with Crippen molar-refractivity contribution >= 4 is 34.7 Å². The lowest BCUT2D eigenvalue weighted by Crippen LogP contribution is -2.43. The van der Waals surface area contributed by atoms with E-state index in [4.69, 9.17) is 16.7 Å². The van der Waals surface area contributed by atoms with Gasteiger partial charge < -0.3 is 20.8 Å². The highest BCUT2D eigenvalue weighted by Crippen LogP contribution is 2.34. The highest BCUT2D eigenvalue weighted by molar-refractivity contribution is 6.34. The maximum absolute atomic E-state index is 10.8. The standard InChI is InChI=1S/C19H21ClN6O3/c20-16-14(2-1-3-15(16)27)24-18-17-12(4-9-26(17)22-11-21-18)10-25-7-5-13(6-8-25)23-19(28)29/h1-4,9,11,13,23,27H,5-8,10H2,(H,28,29)(H,21,22,24). The number of aromatic nitrogens is 3. The van der Waals surface area contributed by atoms with Gasteiger partial charge in [0.1, 0.15) is 22.6 Å². The highest BCUT2D eigenvalue weighted by Gasteiger charge is 2.22. The molecular weight excluding hydrogens is 396 g/mol. The number of benzene rings is 1. The van der Waals surface area contributed by atoms with Crippen molar-refractivity contribution in [3.8, 4) is 5.75 Å². The lowest BCUT2D eigenvalue weighted by atomic mass is 10.0. The van der Waals surface area contributed by atoms with E-state index in [9.17, 15) is 9.90 Å². The molecule has 1 aliphatic rings. The second-order valence-electron chi connectivity index (χ2n) is 7.01. The van der Waals surface area contributed by atoms with Crippen LogP contribution in [0.4, 0.5) is 16.3 Å². The van der Waals surface area contributed by atoms with Gasteiger partial charge in [-0.3, -0.25) is 4.90 Å². The van der Waals surface area contributed by atoms with E-state index in [0.29, 0.717) is 18.1 Å². The Kier molecular flexibility index (Phi) is 5.41. The fraction of sp³-hybridized carbons (Fsp3) is 0.316. The van der Waals surface area contributed by atoms with Crippen LogP contribution in [0.5, 0.6) is 5.75 Å². The number of anilines is 2. The molecule has 1 aromatic carbocycles. The average Bonchev–Trinajstić information content (AvgIpc) is 3.10. The largest absolute Gasteiger partial charge is 0.506 e. The highest BCUT2D eigenvalue weighted by atomic mass is 35.5. The molecule has 0 spiro atoms. The van der Waals surface area contributed by atoms with E-state index in [0.717, 1.165) is 37.0 Å².